The second-order valence-corrected chi connectivity index (χ2v) is 8.95. The first-order valence-corrected chi connectivity index (χ1v) is 11.1. The van der Waals surface area contributed by atoms with E-state index in [0.717, 1.165) is 47.5 Å². The molecule has 4 rings (SSSR count). The van der Waals surface area contributed by atoms with E-state index >= 15 is 0 Å². The van der Waals surface area contributed by atoms with Crippen LogP contribution in [0, 0.1) is 19.8 Å². The Bertz CT molecular complexity index is 1040. The summed E-state index contributed by atoms with van der Waals surface area (Å²) in [5.74, 6) is 0.728. The molecule has 1 fully saturated rings. The lowest BCUT2D eigenvalue weighted by atomic mass is 9.96. The molecule has 3 heterocycles. The van der Waals surface area contributed by atoms with Crippen molar-refractivity contribution in [3.8, 4) is 11.1 Å². The lowest BCUT2D eigenvalue weighted by Crippen LogP contribution is -2.37. The molecule has 1 aromatic carbocycles. The van der Waals surface area contributed by atoms with Crippen molar-refractivity contribution in [1.82, 2.24) is 9.97 Å². The number of aromatic nitrogens is 2. The Morgan fingerprint density at radius 2 is 1.90 bits per heavy atom. The van der Waals surface area contributed by atoms with E-state index in [1.54, 1.807) is 11.3 Å². The third-order valence-electron chi connectivity index (χ3n) is 5.44. The molecule has 2 aromatic heterocycles. The van der Waals surface area contributed by atoms with Gasteiger partial charge in [-0.15, -0.1) is 11.3 Å². The summed E-state index contributed by atoms with van der Waals surface area (Å²) in [4.78, 5) is 25.5. The maximum Gasteiger partial charge on any atom is 0.309 e. The van der Waals surface area contributed by atoms with E-state index in [0.29, 0.717) is 6.61 Å². The summed E-state index contributed by atoms with van der Waals surface area (Å²) in [7, 11) is 0. The Kier molecular flexibility index (Phi) is 5.74. The molecule has 0 aliphatic carbocycles. The number of nitrogens with zero attached hydrogens (tertiary/aromatic N) is 3. The maximum atomic E-state index is 12.1. The minimum absolute atomic E-state index is 0.0419. The van der Waals surface area contributed by atoms with Gasteiger partial charge in [0, 0.05) is 23.5 Å². The highest BCUT2D eigenvalue weighted by molar-refractivity contribution is 7.19. The first kappa shape index (κ1) is 20.1. The quantitative estimate of drug-likeness (QED) is 0.410. The second-order valence-electron chi connectivity index (χ2n) is 7.41. The van der Waals surface area contributed by atoms with Crippen LogP contribution in [0.3, 0.4) is 0 Å². The van der Waals surface area contributed by atoms with Crippen molar-refractivity contribution < 1.29 is 9.53 Å². The van der Waals surface area contributed by atoms with Gasteiger partial charge in [0.1, 0.15) is 10.6 Å². The molecular weight excluding hydrogens is 406 g/mol. The summed E-state index contributed by atoms with van der Waals surface area (Å²) in [5, 5.41) is 1.31. The van der Waals surface area contributed by atoms with Crippen LogP contribution in [-0.4, -0.2) is 35.6 Å². The number of thiophene rings is 1. The number of rotatable bonds is 4. The van der Waals surface area contributed by atoms with E-state index in [1.807, 2.05) is 6.92 Å². The average molecular weight is 430 g/mol. The molecule has 1 aliphatic rings. The molecule has 0 atom stereocenters. The van der Waals surface area contributed by atoms with Crippen LogP contribution in [0.5, 0.6) is 0 Å². The van der Waals surface area contributed by atoms with Crippen molar-refractivity contribution in [2.24, 2.45) is 5.92 Å². The third-order valence-corrected chi connectivity index (χ3v) is 6.60. The Labute approximate surface area is 179 Å². The fourth-order valence-corrected chi connectivity index (χ4v) is 5.21. The Morgan fingerprint density at radius 3 is 2.55 bits per heavy atom. The summed E-state index contributed by atoms with van der Waals surface area (Å²) in [5.41, 5.74) is 3.56. The van der Waals surface area contributed by atoms with Gasteiger partial charge in [-0.25, -0.2) is 4.98 Å². The van der Waals surface area contributed by atoms with Gasteiger partial charge >= 0.3 is 5.97 Å². The maximum absolute atomic E-state index is 12.1. The first-order valence-electron chi connectivity index (χ1n) is 9.93. The monoisotopic (exact) mass is 429 g/mol. The van der Waals surface area contributed by atoms with Crippen LogP contribution < -0.4 is 4.90 Å². The number of anilines is 1. The zero-order valence-electron chi connectivity index (χ0n) is 16.9. The van der Waals surface area contributed by atoms with Crippen molar-refractivity contribution in [3.05, 3.63) is 40.0 Å². The van der Waals surface area contributed by atoms with E-state index in [4.69, 9.17) is 16.3 Å². The topological polar surface area (TPSA) is 55.3 Å². The number of carbonyl (C=O) groups is 1. The number of halogens is 1. The van der Waals surface area contributed by atoms with E-state index < -0.39 is 0 Å². The summed E-state index contributed by atoms with van der Waals surface area (Å²) in [6.07, 6.45) is 1.51. The second kappa shape index (κ2) is 8.28. The molecule has 0 amide bonds. The van der Waals surface area contributed by atoms with Crippen LogP contribution in [0.1, 0.15) is 30.2 Å². The Morgan fingerprint density at radius 1 is 1.21 bits per heavy atom. The molecule has 3 aromatic rings. The summed E-state index contributed by atoms with van der Waals surface area (Å²) >= 11 is 7.92. The molecular formula is C22H24ClN3O2S. The van der Waals surface area contributed by atoms with Crippen molar-refractivity contribution >= 4 is 44.9 Å². The largest absolute Gasteiger partial charge is 0.466 e. The number of hydrogen-bond acceptors (Lipinski definition) is 6. The Hall–Kier alpha value is -2.18. The van der Waals surface area contributed by atoms with E-state index in [-0.39, 0.29) is 17.2 Å². The lowest BCUT2D eigenvalue weighted by Gasteiger charge is -2.32. The number of hydrogen-bond donors (Lipinski definition) is 0. The minimum atomic E-state index is -0.0928. The van der Waals surface area contributed by atoms with Gasteiger partial charge in [0.05, 0.1) is 17.9 Å². The van der Waals surface area contributed by atoms with Crippen LogP contribution in [-0.2, 0) is 9.53 Å². The molecule has 1 aliphatic heterocycles. The van der Waals surface area contributed by atoms with Gasteiger partial charge in [-0.1, -0.05) is 29.8 Å². The highest BCUT2D eigenvalue weighted by atomic mass is 35.5. The van der Waals surface area contributed by atoms with Crippen molar-refractivity contribution in [3.63, 3.8) is 0 Å². The van der Waals surface area contributed by atoms with Crippen molar-refractivity contribution in [1.29, 1.82) is 0 Å². The molecule has 1 saturated heterocycles. The van der Waals surface area contributed by atoms with Crippen LogP contribution in [0.4, 0.5) is 5.82 Å². The van der Waals surface area contributed by atoms with Crippen LogP contribution in [0.2, 0.25) is 5.28 Å². The molecule has 0 spiro atoms. The molecule has 0 N–H and O–H groups in total. The van der Waals surface area contributed by atoms with E-state index in [9.17, 15) is 4.79 Å². The molecule has 29 heavy (non-hydrogen) atoms. The molecule has 7 heteroatoms. The zero-order valence-corrected chi connectivity index (χ0v) is 18.4. The number of benzene rings is 1. The van der Waals surface area contributed by atoms with Crippen LogP contribution in [0.15, 0.2) is 24.3 Å². The Balaban J connectivity index is 1.73. The van der Waals surface area contributed by atoms with Gasteiger partial charge in [0.25, 0.3) is 0 Å². The highest BCUT2D eigenvalue weighted by Crippen LogP contribution is 2.43. The summed E-state index contributed by atoms with van der Waals surface area (Å²) in [6.45, 7) is 7.96. The number of esters is 1. The van der Waals surface area contributed by atoms with Crippen LogP contribution >= 0.6 is 22.9 Å². The predicted octanol–water partition coefficient (Wildman–Crippen LogP) is 5.41. The number of fused-ring (bicyclic) bond motifs is 1. The van der Waals surface area contributed by atoms with E-state index in [2.05, 4.69) is 53.0 Å². The predicted molar refractivity (Wildman–Crippen MR) is 119 cm³/mol. The third kappa shape index (κ3) is 3.96. The highest BCUT2D eigenvalue weighted by Gasteiger charge is 2.29. The van der Waals surface area contributed by atoms with Crippen LogP contribution in [0.25, 0.3) is 21.3 Å². The SMILES string of the molecule is CCOC(=O)C1CCN(c2nc(Cl)nc3sc(C)c(-c4ccc(C)cc4)c23)CC1. The first-order chi connectivity index (χ1) is 14.0. The normalized spacial score (nSPS) is 15.1. The zero-order chi connectivity index (χ0) is 20.5. The van der Waals surface area contributed by atoms with Crippen molar-refractivity contribution in [2.75, 3.05) is 24.6 Å². The van der Waals surface area contributed by atoms with Gasteiger partial charge in [-0.3, -0.25) is 4.79 Å². The van der Waals surface area contributed by atoms with Crippen molar-refractivity contribution in [2.45, 2.75) is 33.6 Å². The summed E-state index contributed by atoms with van der Waals surface area (Å²) in [6, 6.07) is 8.55. The number of carbonyl (C=O) groups excluding carboxylic acids is 1. The standard InChI is InChI=1S/C22H24ClN3O2S/c1-4-28-21(27)16-9-11-26(12-10-16)19-18-17(15-7-5-13(2)6-8-15)14(3)29-20(18)25-22(23)24-19/h5-8,16H,4,9-12H2,1-3H3. The van der Waals surface area contributed by atoms with E-state index in [1.165, 1.54) is 16.0 Å². The van der Waals surface area contributed by atoms with Gasteiger partial charge in [-0.2, -0.15) is 4.98 Å². The number of piperidine rings is 1. The fraction of sp³-hybridized carbons (Fsp3) is 0.409. The fourth-order valence-electron chi connectivity index (χ4n) is 3.95. The number of ether oxygens (including phenoxy) is 1. The van der Waals surface area contributed by atoms with Gasteiger partial charge in [0.2, 0.25) is 5.28 Å². The van der Waals surface area contributed by atoms with Gasteiger partial charge in [-0.05, 0) is 50.8 Å². The minimum Gasteiger partial charge on any atom is -0.466 e. The molecule has 0 unspecified atom stereocenters. The summed E-state index contributed by atoms with van der Waals surface area (Å²) < 4.78 is 5.20. The van der Waals surface area contributed by atoms with Gasteiger partial charge in [0.15, 0.2) is 0 Å². The molecule has 0 radical (unpaired) electrons. The average Bonchev–Trinajstić information content (AvgIpc) is 3.04. The molecule has 5 nitrogen and oxygen atoms in total. The molecule has 0 saturated carbocycles. The lowest BCUT2D eigenvalue weighted by molar-refractivity contribution is -0.148. The van der Waals surface area contributed by atoms with Gasteiger partial charge < -0.3 is 9.64 Å². The molecule has 152 valence electrons. The smallest absolute Gasteiger partial charge is 0.309 e. The number of aryl methyl sites for hydroxylation is 2. The molecule has 0 bridgehead atoms.